The van der Waals surface area contributed by atoms with Crippen LogP contribution in [0.25, 0.3) is 6.08 Å². The molecule has 1 unspecified atom stereocenters. The Morgan fingerprint density at radius 3 is 2.19 bits per heavy atom. The molecule has 0 saturated heterocycles. The number of carbonyl (C=O) groups excluding carboxylic acids is 1. The Morgan fingerprint density at radius 2 is 1.55 bits per heavy atom. The summed E-state index contributed by atoms with van der Waals surface area (Å²) in [4.78, 5) is 15.6. The van der Waals surface area contributed by atoms with E-state index in [2.05, 4.69) is 22.0 Å². The van der Waals surface area contributed by atoms with Crippen molar-refractivity contribution >= 4 is 27.9 Å². The van der Waals surface area contributed by atoms with Gasteiger partial charge in [0.25, 0.3) is 5.91 Å². The number of fused-ring (bicyclic) bond motifs is 1. The van der Waals surface area contributed by atoms with E-state index in [-0.39, 0.29) is 18.9 Å². The van der Waals surface area contributed by atoms with Crippen LogP contribution >= 0.6 is 15.9 Å². The molecule has 0 N–H and O–H groups in total. The molecule has 212 valence electrons. The predicted octanol–water partition coefficient (Wildman–Crippen LogP) is 7.14. The lowest BCUT2D eigenvalue weighted by Gasteiger charge is -2.41. The molecule has 0 fully saturated rings. The molecule has 1 heterocycles. The first-order valence-corrected chi connectivity index (χ1v) is 14.0. The topological polar surface area (TPSA) is 81.0 Å². The van der Waals surface area contributed by atoms with Crippen molar-refractivity contribution in [3.05, 3.63) is 123 Å². The van der Waals surface area contributed by atoms with Gasteiger partial charge in [-0.1, -0.05) is 54.6 Å². The Morgan fingerprint density at radius 1 is 0.857 bits per heavy atom. The van der Waals surface area contributed by atoms with E-state index >= 15 is 0 Å². The minimum absolute atomic E-state index is 0.118. The molecular weight excluding hydrogens is 596 g/mol. The van der Waals surface area contributed by atoms with E-state index in [1.54, 1.807) is 51.8 Å². The van der Waals surface area contributed by atoms with Crippen LogP contribution in [0, 0.1) is 11.3 Å². The molecule has 0 aliphatic carbocycles. The van der Waals surface area contributed by atoms with E-state index in [4.69, 9.17) is 18.9 Å². The summed E-state index contributed by atoms with van der Waals surface area (Å²) in [5.41, 5.74) is 1.91. The van der Waals surface area contributed by atoms with Crippen LogP contribution in [-0.4, -0.2) is 32.1 Å². The molecule has 1 amide bonds. The van der Waals surface area contributed by atoms with Crippen molar-refractivity contribution in [2.24, 2.45) is 0 Å². The fourth-order valence-corrected chi connectivity index (χ4v) is 5.88. The lowest BCUT2D eigenvalue weighted by molar-refractivity contribution is 0.0692. The van der Waals surface area contributed by atoms with E-state index in [1.807, 2.05) is 66.7 Å². The quantitative estimate of drug-likeness (QED) is 0.197. The zero-order valence-corrected chi connectivity index (χ0v) is 25.1. The van der Waals surface area contributed by atoms with Crippen LogP contribution in [0.2, 0.25) is 0 Å². The van der Waals surface area contributed by atoms with Gasteiger partial charge >= 0.3 is 0 Å². The van der Waals surface area contributed by atoms with E-state index < -0.39 is 5.54 Å². The summed E-state index contributed by atoms with van der Waals surface area (Å²) in [7, 11) is 4.67. The average molecular weight is 626 g/mol. The Labute approximate surface area is 253 Å². The van der Waals surface area contributed by atoms with E-state index in [0.29, 0.717) is 38.6 Å². The van der Waals surface area contributed by atoms with Gasteiger partial charge in [-0.25, -0.2) is 0 Å². The maximum absolute atomic E-state index is 14.1. The van der Waals surface area contributed by atoms with Gasteiger partial charge in [0, 0.05) is 23.7 Å². The van der Waals surface area contributed by atoms with Gasteiger partial charge in [-0.15, -0.1) is 0 Å². The van der Waals surface area contributed by atoms with E-state index in [1.165, 1.54) is 4.90 Å². The number of nitrogens with zero attached hydrogens (tertiary/aromatic N) is 2. The van der Waals surface area contributed by atoms with Crippen LogP contribution in [0.1, 0.15) is 32.6 Å². The third-order valence-electron chi connectivity index (χ3n) is 7.21. The number of carbonyl (C=O) groups is 1. The molecule has 0 saturated carbocycles. The first-order chi connectivity index (χ1) is 20.4. The van der Waals surface area contributed by atoms with Crippen molar-refractivity contribution in [1.29, 1.82) is 5.26 Å². The number of hydrogen-bond donors (Lipinski definition) is 0. The van der Waals surface area contributed by atoms with Gasteiger partial charge in [-0.05, 0) is 69.0 Å². The van der Waals surface area contributed by atoms with Crippen molar-refractivity contribution in [3.8, 4) is 29.1 Å². The second-order valence-electron chi connectivity index (χ2n) is 9.65. The highest BCUT2D eigenvalue weighted by Crippen LogP contribution is 2.49. The maximum atomic E-state index is 14.1. The Bertz CT molecular complexity index is 1670. The first-order valence-electron chi connectivity index (χ1n) is 13.2. The summed E-state index contributed by atoms with van der Waals surface area (Å²) < 4.78 is 24.0. The average Bonchev–Trinajstić information content (AvgIpc) is 3.03. The minimum Gasteiger partial charge on any atom is -0.493 e. The molecule has 42 heavy (non-hydrogen) atoms. The third kappa shape index (κ3) is 5.31. The lowest BCUT2D eigenvalue weighted by Crippen LogP contribution is -2.49. The molecule has 4 aromatic carbocycles. The largest absolute Gasteiger partial charge is 0.493 e. The zero-order valence-electron chi connectivity index (χ0n) is 23.5. The second kappa shape index (κ2) is 12.4. The van der Waals surface area contributed by atoms with Crippen LogP contribution in [0.5, 0.6) is 23.0 Å². The summed E-state index contributed by atoms with van der Waals surface area (Å²) in [6.07, 6.45) is 3.61. The predicted molar refractivity (Wildman–Crippen MR) is 164 cm³/mol. The molecule has 0 spiro atoms. The highest BCUT2D eigenvalue weighted by Gasteiger charge is 2.47. The van der Waals surface area contributed by atoms with Gasteiger partial charge in [-0.2, -0.15) is 5.26 Å². The van der Waals surface area contributed by atoms with Gasteiger partial charge < -0.3 is 18.9 Å². The maximum Gasteiger partial charge on any atom is 0.259 e. The van der Waals surface area contributed by atoms with Gasteiger partial charge in [0.2, 0.25) is 0 Å². The van der Waals surface area contributed by atoms with Crippen LogP contribution in [-0.2, 0) is 18.6 Å². The summed E-state index contributed by atoms with van der Waals surface area (Å²) >= 11 is 3.58. The third-order valence-corrected chi connectivity index (χ3v) is 7.79. The highest BCUT2D eigenvalue weighted by atomic mass is 79.9. The number of methoxy groups -OCH3 is 3. The summed E-state index contributed by atoms with van der Waals surface area (Å²) in [5, 5.41) is 11.1. The van der Waals surface area contributed by atoms with Crippen molar-refractivity contribution < 1.29 is 23.7 Å². The van der Waals surface area contributed by atoms with Crippen molar-refractivity contribution in [1.82, 2.24) is 4.90 Å². The normalized spacial score (nSPS) is 15.4. The smallest absolute Gasteiger partial charge is 0.259 e. The monoisotopic (exact) mass is 624 g/mol. The first kappa shape index (κ1) is 28.8. The molecule has 1 aliphatic rings. The summed E-state index contributed by atoms with van der Waals surface area (Å²) in [6.45, 7) is 0.243. The molecule has 4 aromatic rings. The minimum atomic E-state index is -1.52. The molecule has 0 bridgehead atoms. The zero-order chi connectivity index (χ0) is 29.7. The fraction of sp³-hybridized carbons (Fsp3) is 0.176. The number of rotatable bonds is 9. The fourth-order valence-electron chi connectivity index (χ4n) is 5.23. The lowest BCUT2D eigenvalue weighted by atomic mass is 9.78. The van der Waals surface area contributed by atoms with E-state index in [9.17, 15) is 10.1 Å². The number of nitriles is 1. The Kier molecular flexibility index (Phi) is 8.51. The molecular formula is C34H29BrN2O5. The number of ether oxygens (including phenoxy) is 4. The number of halogens is 1. The van der Waals surface area contributed by atoms with Crippen LogP contribution in [0.3, 0.4) is 0 Å². The van der Waals surface area contributed by atoms with Crippen molar-refractivity contribution in [3.63, 3.8) is 0 Å². The SMILES string of the molecule is COc1cc(CC2(C#N)c3c(ccc(OC)c3OCc3ccccc3)C=CN2C(=O)c2ccccc2)cc(Br)c1OC. The van der Waals surface area contributed by atoms with Crippen LogP contribution in [0.4, 0.5) is 0 Å². The number of hydrogen-bond acceptors (Lipinski definition) is 6. The van der Waals surface area contributed by atoms with Crippen LogP contribution < -0.4 is 18.9 Å². The summed E-state index contributed by atoms with van der Waals surface area (Å²) in [6, 6.07) is 28.6. The van der Waals surface area contributed by atoms with Gasteiger partial charge in [0.05, 0.1) is 31.9 Å². The van der Waals surface area contributed by atoms with Gasteiger partial charge in [0.15, 0.2) is 28.5 Å². The number of amides is 1. The van der Waals surface area contributed by atoms with Crippen molar-refractivity contribution in [2.75, 3.05) is 21.3 Å². The molecule has 5 rings (SSSR count). The molecule has 1 aliphatic heterocycles. The molecule has 8 heteroatoms. The number of benzene rings is 4. The van der Waals surface area contributed by atoms with Gasteiger partial charge in [-0.3, -0.25) is 9.69 Å². The summed E-state index contributed by atoms with van der Waals surface area (Å²) in [5.74, 6) is 1.56. The van der Waals surface area contributed by atoms with Gasteiger partial charge in [0.1, 0.15) is 6.61 Å². The molecule has 7 nitrogen and oxygen atoms in total. The molecule has 0 radical (unpaired) electrons. The Hall–Kier alpha value is -4.74. The van der Waals surface area contributed by atoms with Crippen molar-refractivity contribution in [2.45, 2.75) is 18.6 Å². The van der Waals surface area contributed by atoms with E-state index in [0.717, 1.165) is 16.7 Å². The highest BCUT2D eigenvalue weighted by molar-refractivity contribution is 9.10. The molecule has 0 aromatic heterocycles. The second-order valence-corrected chi connectivity index (χ2v) is 10.5. The standard InChI is InChI=1S/C34H29BrN2O5/c1-39-28-15-14-25-16-17-37(33(38)26-12-8-5-9-13-26)34(22-36,20-24-18-27(35)31(41-3)29(19-24)40-2)30(25)32(28)42-21-23-10-6-4-7-11-23/h4-19H,20-21H2,1-3H3. The Balaban J connectivity index is 1.73. The molecule has 1 atom stereocenters. The van der Waals surface area contributed by atoms with Crippen LogP contribution in [0.15, 0.2) is 95.6 Å².